The Labute approximate surface area is 139 Å². The number of carbonyl (C=O) groups is 2. The van der Waals surface area contributed by atoms with E-state index in [-0.39, 0.29) is 17.5 Å². The first-order valence-corrected chi connectivity index (χ1v) is 7.42. The summed E-state index contributed by atoms with van der Waals surface area (Å²) in [4.78, 5) is 30.7. The van der Waals surface area contributed by atoms with E-state index in [1.54, 1.807) is 43.3 Å². The van der Waals surface area contributed by atoms with E-state index in [0.717, 1.165) is 0 Å². The van der Waals surface area contributed by atoms with Gasteiger partial charge >= 0.3 is 5.97 Å². The number of nitrogens with zero attached hydrogens (tertiary/aromatic N) is 2. The lowest BCUT2D eigenvalue weighted by molar-refractivity contribution is -0.144. The third kappa shape index (κ3) is 2.64. The van der Waals surface area contributed by atoms with Crippen molar-refractivity contribution in [1.29, 1.82) is 0 Å². The lowest BCUT2D eigenvalue weighted by Gasteiger charge is -2.36. The maximum Gasteiger partial charge on any atom is 0.333 e. The number of methoxy groups -OCH3 is 1. The minimum Gasteiger partial charge on any atom is -0.477 e. The number of benzene rings is 1. The lowest BCUT2D eigenvalue weighted by atomic mass is 10.0. The molecule has 2 aromatic rings. The van der Waals surface area contributed by atoms with Gasteiger partial charge in [0.25, 0.3) is 5.91 Å². The fourth-order valence-electron chi connectivity index (χ4n) is 2.64. The van der Waals surface area contributed by atoms with Crippen molar-refractivity contribution in [1.82, 2.24) is 4.98 Å². The zero-order valence-electron chi connectivity index (χ0n) is 13.3. The number of aromatic nitrogens is 1. The summed E-state index contributed by atoms with van der Waals surface area (Å²) in [6, 6.07) is 11.1. The van der Waals surface area contributed by atoms with Crippen molar-refractivity contribution in [2.45, 2.75) is 19.1 Å². The Kier molecular flexibility index (Phi) is 4.07. The van der Waals surface area contributed by atoms with E-state index in [0.29, 0.717) is 11.3 Å². The number of hydrogen-bond acceptors (Lipinski definition) is 6. The molecule has 1 aromatic heterocycles. The fourth-order valence-corrected chi connectivity index (χ4v) is 2.64. The molecule has 24 heavy (non-hydrogen) atoms. The molecule has 7 heteroatoms. The van der Waals surface area contributed by atoms with Crippen LogP contribution in [0, 0.1) is 0 Å². The highest BCUT2D eigenvalue weighted by molar-refractivity contribution is 6.04. The van der Waals surface area contributed by atoms with Crippen molar-refractivity contribution in [2.75, 3.05) is 17.7 Å². The Balaban J connectivity index is 2.18. The van der Waals surface area contributed by atoms with E-state index in [9.17, 15) is 9.59 Å². The SMILES string of the molecule is COC(=O)C(c1ccccc1)N1C(=O)C(C)Oc2ccc(N)nc21. The van der Waals surface area contributed by atoms with Crippen LogP contribution in [0.15, 0.2) is 42.5 Å². The first-order chi connectivity index (χ1) is 11.5. The van der Waals surface area contributed by atoms with Crippen LogP contribution in [-0.2, 0) is 14.3 Å². The molecule has 2 unspecified atom stereocenters. The van der Waals surface area contributed by atoms with E-state index in [2.05, 4.69) is 4.98 Å². The van der Waals surface area contributed by atoms with Crippen LogP contribution >= 0.6 is 0 Å². The summed E-state index contributed by atoms with van der Waals surface area (Å²) in [6.45, 7) is 1.62. The zero-order chi connectivity index (χ0) is 17.3. The zero-order valence-corrected chi connectivity index (χ0v) is 13.3. The third-order valence-corrected chi connectivity index (χ3v) is 3.78. The second kappa shape index (κ2) is 6.19. The average molecular weight is 327 g/mol. The van der Waals surface area contributed by atoms with E-state index >= 15 is 0 Å². The molecule has 0 spiro atoms. The van der Waals surface area contributed by atoms with Crippen molar-refractivity contribution in [2.24, 2.45) is 0 Å². The van der Waals surface area contributed by atoms with Gasteiger partial charge in [0.15, 0.2) is 23.7 Å². The molecule has 0 bridgehead atoms. The Morgan fingerprint density at radius 3 is 2.67 bits per heavy atom. The molecule has 0 saturated heterocycles. The predicted octanol–water partition coefficient (Wildman–Crippen LogP) is 1.69. The van der Waals surface area contributed by atoms with Crippen LogP contribution in [0.4, 0.5) is 11.6 Å². The van der Waals surface area contributed by atoms with E-state index in [1.165, 1.54) is 12.0 Å². The highest BCUT2D eigenvalue weighted by atomic mass is 16.5. The van der Waals surface area contributed by atoms with Crippen molar-refractivity contribution in [3.63, 3.8) is 0 Å². The largest absolute Gasteiger partial charge is 0.477 e. The number of carbonyl (C=O) groups excluding carboxylic acids is 2. The summed E-state index contributed by atoms with van der Waals surface area (Å²) in [7, 11) is 1.28. The molecule has 0 radical (unpaired) electrons. The molecule has 124 valence electrons. The van der Waals surface area contributed by atoms with Gasteiger partial charge in [-0.15, -0.1) is 0 Å². The summed E-state index contributed by atoms with van der Waals surface area (Å²) >= 11 is 0. The second-order valence-electron chi connectivity index (χ2n) is 5.36. The van der Waals surface area contributed by atoms with E-state index in [1.807, 2.05) is 6.07 Å². The van der Waals surface area contributed by atoms with Crippen LogP contribution in [-0.4, -0.2) is 30.1 Å². The molecule has 0 saturated carbocycles. The Bertz CT molecular complexity index is 779. The molecule has 2 N–H and O–H groups in total. The van der Waals surface area contributed by atoms with Gasteiger partial charge in [0.05, 0.1) is 7.11 Å². The molecule has 7 nitrogen and oxygen atoms in total. The fraction of sp³-hybridized carbons (Fsp3) is 0.235. The van der Waals surface area contributed by atoms with Crippen LogP contribution in [0.3, 0.4) is 0 Å². The molecule has 1 aliphatic heterocycles. The molecular weight excluding hydrogens is 310 g/mol. The molecule has 1 amide bonds. The van der Waals surface area contributed by atoms with Gasteiger partial charge in [-0.3, -0.25) is 9.69 Å². The highest BCUT2D eigenvalue weighted by Crippen LogP contribution is 2.38. The Morgan fingerprint density at radius 1 is 1.29 bits per heavy atom. The van der Waals surface area contributed by atoms with Gasteiger partial charge in [0.2, 0.25) is 0 Å². The van der Waals surface area contributed by atoms with Gasteiger partial charge in [0, 0.05) is 0 Å². The van der Waals surface area contributed by atoms with Gasteiger partial charge in [0.1, 0.15) is 5.82 Å². The quantitative estimate of drug-likeness (QED) is 0.862. The summed E-state index contributed by atoms with van der Waals surface area (Å²) < 4.78 is 10.5. The molecule has 1 aromatic carbocycles. The van der Waals surface area contributed by atoms with Gasteiger partial charge < -0.3 is 15.2 Å². The normalized spacial score (nSPS) is 17.7. The number of nitrogens with two attached hydrogens (primary N) is 1. The molecule has 2 heterocycles. The smallest absolute Gasteiger partial charge is 0.333 e. The number of nitrogen functional groups attached to an aromatic ring is 1. The monoisotopic (exact) mass is 327 g/mol. The van der Waals surface area contributed by atoms with Crippen molar-refractivity contribution in [3.8, 4) is 5.75 Å². The maximum absolute atomic E-state index is 12.7. The summed E-state index contributed by atoms with van der Waals surface area (Å²) in [5.74, 6) is -0.140. The topological polar surface area (TPSA) is 94.8 Å². The minimum absolute atomic E-state index is 0.206. The minimum atomic E-state index is -0.969. The molecular formula is C17H17N3O4. The lowest BCUT2D eigenvalue weighted by Crippen LogP contribution is -2.49. The number of amides is 1. The van der Waals surface area contributed by atoms with Crippen molar-refractivity contribution < 1.29 is 19.1 Å². The van der Waals surface area contributed by atoms with Gasteiger partial charge in [-0.1, -0.05) is 30.3 Å². The average Bonchev–Trinajstić information content (AvgIpc) is 2.60. The van der Waals surface area contributed by atoms with E-state index in [4.69, 9.17) is 15.2 Å². The van der Waals surface area contributed by atoms with Crippen LogP contribution in [0.2, 0.25) is 0 Å². The highest BCUT2D eigenvalue weighted by Gasteiger charge is 2.41. The number of pyridine rings is 1. The van der Waals surface area contributed by atoms with Crippen LogP contribution in [0.5, 0.6) is 5.75 Å². The first kappa shape index (κ1) is 15.8. The Hall–Kier alpha value is -3.09. The van der Waals surface area contributed by atoms with Crippen molar-refractivity contribution >= 4 is 23.5 Å². The molecule has 2 atom stereocenters. The summed E-state index contributed by atoms with van der Waals surface area (Å²) in [6.07, 6.45) is -0.751. The van der Waals surface area contributed by atoms with Crippen molar-refractivity contribution in [3.05, 3.63) is 48.0 Å². The first-order valence-electron chi connectivity index (χ1n) is 7.42. The third-order valence-electron chi connectivity index (χ3n) is 3.78. The van der Waals surface area contributed by atoms with Gasteiger partial charge in [-0.2, -0.15) is 0 Å². The van der Waals surface area contributed by atoms with Gasteiger partial charge in [-0.05, 0) is 24.6 Å². The second-order valence-corrected chi connectivity index (χ2v) is 5.36. The molecule has 1 aliphatic rings. The number of anilines is 2. The molecule has 0 fully saturated rings. The van der Waals surface area contributed by atoms with E-state index < -0.39 is 18.1 Å². The van der Waals surface area contributed by atoms with Crippen LogP contribution in [0.25, 0.3) is 0 Å². The number of rotatable bonds is 3. The van der Waals surface area contributed by atoms with Gasteiger partial charge in [-0.25, -0.2) is 9.78 Å². The molecule has 0 aliphatic carbocycles. The standard InChI is InChI=1S/C17H17N3O4/c1-10-16(21)20(15-12(24-10)8-9-13(18)19-15)14(17(22)23-2)11-6-4-3-5-7-11/h3-10,14H,1-2H3,(H2,18,19). The van der Waals surface area contributed by atoms with Crippen LogP contribution in [0.1, 0.15) is 18.5 Å². The van der Waals surface area contributed by atoms with Crippen LogP contribution < -0.4 is 15.4 Å². The summed E-state index contributed by atoms with van der Waals surface area (Å²) in [5, 5.41) is 0. The number of esters is 1. The maximum atomic E-state index is 12.7. The number of fused-ring (bicyclic) bond motifs is 1. The summed E-state index contributed by atoms with van der Waals surface area (Å²) in [5.41, 5.74) is 6.36. The Morgan fingerprint density at radius 2 is 2.00 bits per heavy atom. The molecule has 3 rings (SSSR count). The number of hydrogen-bond donors (Lipinski definition) is 1. The number of ether oxygens (including phenoxy) is 2. The predicted molar refractivity (Wildman–Crippen MR) is 87.4 cm³/mol.